The van der Waals surface area contributed by atoms with Crippen LogP contribution in [0.1, 0.15) is 27.9 Å². The van der Waals surface area contributed by atoms with E-state index in [0.717, 1.165) is 5.56 Å². The fourth-order valence-corrected chi connectivity index (χ4v) is 6.37. The summed E-state index contributed by atoms with van der Waals surface area (Å²) in [4.78, 5) is 40.8. The summed E-state index contributed by atoms with van der Waals surface area (Å²) in [6.07, 6.45) is 1.73. The zero-order chi connectivity index (χ0) is 27.7. The summed E-state index contributed by atoms with van der Waals surface area (Å²) in [5.41, 5.74) is 3.55. The quantitative estimate of drug-likeness (QED) is 0.310. The number of nitrogens with two attached hydrogens (primary N) is 1. The van der Waals surface area contributed by atoms with Gasteiger partial charge in [-0.25, -0.2) is 0 Å². The van der Waals surface area contributed by atoms with Crippen molar-refractivity contribution in [2.45, 2.75) is 31.0 Å². The van der Waals surface area contributed by atoms with Gasteiger partial charge in [-0.2, -0.15) is 0 Å². The topological polar surface area (TPSA) is 187 Å². The number of hydrogen-bond donors (Lipinski definition) is 6. The Balaban J connectivity index is 1.72. The number of carbonyl (C=O) groups excluding carboxylic acids is 3. The van der Waals surface area contributed by atoms with Gasteiger partial charge in [-0.15, -0.1) is 0 Å². The maximum atomic E-state index is 13.8. The number of aliphatic hydroxyl groups is 3. The predicted molar refractivity (Wildman–Crippen MR) is 134 cm³/mol. The highest BCUT2D eigenvalue weighted by molar-refractivity contribution is 6.24. The Morgan fingerprint density at radius 3 is 2.55 bits per heavy atom. The van der Waals surface area contributed by atoms with Gasteiger partial charge >= 0.3 is 0 Å². The zero-order valence-corrected chi connectivity index (χ0v) is 21.1. The largest absolute Gasteiger partial charge is 0.510 e. The minimum Gasteiger partial charge on any atom is -0.510 e. The fourth-order valence-electron chi connectivity index (χ4n) is 6.37. The summed E-state index contributed by atoms with van der Waals surface area (Å²) in [5.74, 6) is -6.31. The van der Waals surface area contributed by atoms with Crippen LogP contribution in [-0.2, 0) is 22.6 Å². The number of Topliss-reactive ketones (excluding diaryl/α,β-unsaturated/α-hetero) is 2. The van der Waals surface area contributed by atoms with Crippen molar-refractivity contribution in [3.05, 3.63) is 63.8 Å². The molecule has 5 rings (SSSR count). The van der Waals surface area contributed by atoms with Gasteiger partial charge in [0.2, 0.25) is 5.78 Å². The number of primary amides is 1. The number of nitrogens with zero attached hydrogens (tertiary/aromatic N) is 1. The molecular formula is C27H29N3O8. The third kappa shape index (κ3) is 3.35. The van der Waals surface area contributed by atoms with Gasteiger partial charge < -0.3 is 35.9 Å². The molecule has 1 amide bonds. The molecule has 0 saturated heterocycles. The molecule has 1 aromatic carbocycles. The number of furan rings is 1. The van der Waals surface area contributed by atoms with Gasteiger partial charge in [0.15, 0.2) is 11.4 Å². The van der Waals surface area contributed by atoms with Crippen LogP contribution in [0.4, 0.5) is 0 Å². The van der Waals surface area contributed by atoms with E-state index in [1.807, 2.05) is 0 Å². The highest BCUT2D eigenvalue weighted by Crippen LogP contribution is 2.53. The van der Waals surface area contributed by atoms with E-state index in [4.69, 9.17) is 10.2 Å². The standard InChI is InChI=1S/C27H29N3O8/c1-29-10-11-6-7-38-23(11)13-4-5-16(31)18-14(13)8-12-9-15-20(30(2)3)22(33)19(26(28)36)25(35)27(15,37)24(34)17(12)21(18)32/h4-7,12,15,20,29,31,33-34,37H,8-10H2,1-3H3,(H2,28,36)/t12-,15-,20-,27-/m0/s1. The van der Waals surface area contributed by atoms with Gasteiger partial charge in [-0.05, 0) is 63.7 Å². The van der Waals surface area contributed by atoms with Crippen LogP contribution >= 0.6 is 0 Å². The number of phenols is 1. The summed E-state index contributed by atoms with van der Waals surface area (Å²) in [6.45, 7) is 0.500. The molecule has 11 nitrogen and oxygen atoms in total. The highest BCUT2D eigenvalue weighted by atomic mass is 16.3. The number of aromatic hydroxyl groups is 1. The molecule has 0 radical (unpaired) electrons. The number of nitrogens with one attached hydrogen (secondary N) is 1. The van der Waals surface area contributed by atoms with Gasteiger partial charge in [0.25, 0.3) is 5.91 Å². The Morgan fingerprint density at radius 2 is 1.92 bits per heavy atom. The van der Waals surface area contributed by atoms with Crippen molar-refractivity contribution < 1.29 is 39.2 Å². The smallest absolute Gasteiger partial charge is 0.255 e. The number of carbonyl (C=O) groups is 3. The van der Waals surface area contributed by atoms with Crippen LogP contribution in [0.5, 0.6) is 5.75 Å². The van der Waals surface area contributed by atoms with Gasteiger partial charge in [0.05, 0.1) is 17.9 Å². The van der Waals surface area contributed by atoms with E-state index in [9.17, 15) is 34.8 Å². The number of phenolic OH excluding ortho intramolecular Hbond substituents is 1. The third-order valence-corrected chi connectivity index (χ3v) is 7.96. The Kier molecular flexibility index (Phi) is 5.97. The number of aliphatic hydroxyl groups excluding tert-OH is 2. The number of allylic oxidation sites excluding steroid dienone is 1. The zero-order valence-electron chi connectivity index (χ0n) is 21.1. The SMILES string of the molecule is CNCc1ccoc1-c1ccc(O)c2c1C[C@H]1C[C@H]3[C@H](N(C)C)C(O)=C(C(N)=O)C(=O)[C@@]3(O)C(O)=C1C2=O. The first kappa shape index (κ1) is 25.7. The average molecular weight is 524 g/mol. The number of rotatable bonds is 5. The van der Waals surface area contributed by atoms with Crippen LogP contribution < -0.4 is 11.1 Å². The van der Waals surface area contributed by atoms with E-state index < -0.39 is 58.0 Å². The van der Waals surface area contributed by atoms with E-state index in [0.29, 0.717) is 23.4 Å². The Labute approximate surface area is 217 Å². The first-order valence-electron chi connectivity index (χ1n) is 12.2. The number of fused-ring (bicyclic) bond motifs is 3. The molecule has 0 bridgehead atoms. The number of hydrogen-bond acceptors (Lipinski definition) is 10. The molecule has 0 spiro atoms. The van der Waals surface area contributed by atoms with Crippen molar-refractivity contribution in [3.63, 3.8) is 0 Å². The first-order chi connectivity index (χ1) is 17.9. The summed E-state index contributed by atoms with van der Waals surface area (Å²) in [6, 6.07) is 3.77. The number of benzene rings is 1. The second-order valence-electron chi connectivity index (χ2n) is 10.3. The van der Waals surface area contributed by atoms with E-state index in [-0.39, 0.29) is 29.7 Å². The minimum absolute atomic E-state index is 0.0163. The average Bonchev–Trinajstić information content (AvgIpc) is 3.29. The van der Waals surface area contributed by atoms with Gasteiger partial charge in [0.1, 0.15) is 28.6 Å². The molecule has 0 aliphatic heterocycles. The second kappa shape index (κ2) is 8.83. The lowest BCUT2D eigenvalue weighted by atomic mass is 9.58. The second-order valence-corrected chi connectivity index (χ2v) is 10.3. The number of likely N-dealkylation sites (N-methyl/N-ethyl adjacent to an activating group) is 1. The summed E-state index contributed by atoms with van der Waals surface area (Å²) in [5, 5.41) is 47.7. The van der Waals surface area contributed by atoms with Crippen LogP contribution in [0.3, 0.4) is 0 Å². The van der Waals surface area contributed by atoms with Gasteiger partial charge in [-0.3, -0.25) is 19.3 Å². The van der Waals surface area contributed by atoms with Gasteiger partial charge in [-0.1, -0.05) is 0 Å². The van der Waals surface area contributed by atoms with Crippen molar-refractivity contribution in [1.82, 2.24) is 10.2 Å². The molecule has 0 fully saturated rings. The number of amides is 1. The molecule has 38 heavy (non-hydrogen) atoms. The monoisotopic (exact) mass is 523 g/mol. The third-order valence-electron chi connectivity index (χ3n) is 7.96. The maximum Gasteiger partial charge on any atom is 0.255 e. The summed E-state index contributed by atoms with van der Waals surface area (Å²) >= 11 is 0. The van der Waals surface area contributed by atoms with Crippen LogP contribution in [0.15, 0.2) is 51.5 Å². The lowest BCUT2D eigenvalue weighted by molar-refractivity contribution is -0.148. The highest BCUT2D eigenvalue weighted by Gasteiger charge is 2.63. The lowest BCUT2D eigenvalue weighted by Gasteiger charge is -2.50. The molecule has 0 unspecified atom stereocenters. The van der Waals surface area contributed by atoms with Crippen molar-refractivity contribution >= 4 is 17.5 Å². The Morgan fingerprint density at radius 1 is 1.21 bits per heavy atom. The van der Waals surface area contributed by atoms with Gasteiger partial charge in [0, 0.05) is 29.2 Å². The summed E-state index contributed by atoms with van der Waals surface area (Å²) in [7, 11) is 4.96. The molecule has 1 heterocycles. The van der Waals surface area contributed by atoms with Crippen molar-refractivity contribution in [3.8, 4) is 17.1 Å². The van der Waals surface area contributed by atoms with E-state index in [1.165, 1.54) is 17.2 Å². The molecule has 2 aromatic rings. The molecule has 4 atom stereocenters. The lowest BCUT2D eigenvalue weighted by Crippen LogP contribution is -2.63. The maximum absolute atomic E-state index is 13.8. The van der Waals surface area contributed by atoms with Crippen molar-refractivity contribution in [2.24, 2.45) is 17.6 Å². The first-order valence-corrected chi connectivity index (χ1v) is 12.2. The van der Waals surface area contributed by atoms with Crippen molar-refractivity contribution in [1.29, 1.82) is 0 Å². The van der Waals surface area contributed by atoms with Crippen LogP contribution in [0, 0.1) is 11.8 Å². The predicted octanol–water partition coefficient (Wildman–Crippen LogP) is 1.10. The fraction of sp³-hybridized carbons (Fsp3) is 0.370. The molecule has 11 heteroatoms. The molecular weight excluding hydrogens is 494 g/mol. The molecule has 1 aromatic heterocycles. The normalized spacial score (nSPS) is 26.9. The van der Waals surface area contributed by atoms with Crippen molar-refractivity contribution in [2.75, 3.05) is 21.1 Å². The van der Waals surface area contributed by atoms with Crippen LogP contribution in [0.2, 0.25) is 0 Å². The summed E-state index contributed by atoms with van der Waals surface area (Å²) < 4.78 is 5.75. The van der Waals surface area contributed by atoms with E-state index in [1.54, 1.807) is 33.3 Å². The molecule has 7 N–H and O–H groups in total. The minimum atomic E-state index is -2.67. The number of ketones is 2. The van der Waals surface area contributed by atoms with Crippen LogP contribution in [-0.4, -0.2) is 75.6 Å². The van der Waals surface area contributed by atoms with E-state index >= 15 is 0 Å². The van der Waals surface area contributed by atoms with Crippen LogP contribution in [0.25, 0.3) is 11.3 Å². The molecule has 0 saturated carbocycles. The molecule has 3 aliphatic carbocycles. The van der Waals surface area contributed by atoms with E-state index in [2.05, 4.69) is 5.32 Å². The Bertz CT molecular complexity index is 1450. The molecule has 200 valence electrons. The Hall–Kier alpha value is -3.93. The molecule has 3 aliphatic rings.